The van der Waals surface area contributed by atoms with Gasteiger partial charge in [-0.3, -0.25) is 4.90 Å². The molecule has 0 aromatic heterocycles. The second-order valence-corrected chi connectivity index (χ2v) is 7.50. The monoisotopic (exact) mass is 313 g/mol. The zero-order valence-electron chi connectivity index (χ0n) is 12.9. The van der Waals surface area contributed by atoms with E-state index in [1.165, 1.54) is 23.5 Å². The molecular weight excluding hydrogens is 290 g/mol. The Balaban J connectivity index is 2.34. The summed E-state index contributed by atoms with van der Waals surface area (Å²) in [5.74, 6) is 0.548. The number of methoxy groups -OCH3 is 1. The van der Waals surface area contributed by atoms with Gasteiger partial charge in [0, 0.05) is 31.2 Å². The van der Waals surface area contributed by atoms with E-state index in [0.29, 0.717) is 18.8 Å². The maximum Gasteiger partial charge on any atom is 0.245 e. The number of sulfonamides is 1. The number of ether oxygens (including phenoxy) is 1. The number of rotatable bonds is 3. The zero-order valence-corrected chi connectivity index (χ0v) is 13.7. The van der Waals surface area contributed by atoms with Crippen molar-refractivity contribution < 1.29 is 13.2 Å². The summed E-state index contributed by atoms with van der Waals surface area (Å²) in [7, 11) is -0.0453. The molecule has 2 N–H and O–H groups in total. The second kappa shape index (κ2) is 5.82. The SMILES string of the molecule is COc1ccc(S(=O)(=O)N2CC(C)N(C)C(C)C2)c(N)c1. The van der Waals surface area contributed by atoms with E-state index in [2.05, 4.69) is 4.90 Å². The van der Waals surface area contributed by atoms with Crippen LogP contribution in [0.25, 0.3) is 0 Å². The van der Waals surface area contributed by atoms with Gasteiger partial charge in [0.05, 0.1) is 12.8 Å². The standard InChI is InChI=1S/C14H23N3O3S/c1-10-8-17(9-11(2)16(10)3)21(18,19)14-6-5-12(20-4)7-13(14)15/h5-7,10-11H,8-9,15H2,1-4H3. The molecule has 2 unspecified atom stereocenters. The minimum absolute atomic E-state index is 0.146. The molecule has 7 heteroatoms. The fraction of sp³-hybridized carbons (Fsp3) is 0.571. The number of likely N-dealkylation sites (N-methyl/N-ethyl adjacent to an activating group) is 1. The van der Waals surface area contributed by atoms with Crippen LogP contribution in [0.4, 0.5) is 5.69 Å². The van der Waals surface area contributed by atoms with Gasteiger partial charge >= 0.3 is 0 Å². The summed E-state index contributed by atoms with van der Waals surface area (Å²) in [6, 6.07) is 5.00. The molecule has 0 saturated carbocycles. The van der Waals surface area contributed by atoms with Crippen LogP contribution in [0.15, 0.2) is 23.1 Å². The maximum atomic E-state index is 12.8. The van der Waals surface area contributed by atoms with Crippen molar-refractivity contribution in [1.82, 2.24) is 9.21 Å². The molecule has 6 nitrogen and oxygen atoms in total. The molecule has 0 bridgehead atoms. The van der Waals surface area contributed by atoms with E-state index < -0.39 is 10.0 Å². The van der Waals surface area contributed by atoms with Crippen molar-refractivity contribution in [3.8, 4) is 5.75 Å². The number of nitrogens with two attached hydrogens (primary N) is 1. The largest absolute Gasteiger partial charge is 0.497 e. The van der Waals surface area contributed by atoms with Crippen LogP contribution >= 0.6 is 0 Å². The fourth-order valence-electron chi connectivity index (χ4n) is 2.58. The lowest BCUT2D eigenvalue weighted by molar-refractivity contribution is 0.105. The maximum absolute atomic E-state index is 12.8. The quantitative estimate of drug-likeness (QED) is 0.842. The predicted octanol–water partition coefficient (Wildman–Crippen LogP) is 0.990. The molecule has 0 spiro atoms. The lowest BCUT2D eigenvalue weighted by Crippen LogP contribution is -2.56. The van der Waals surface area contributed by atoms with Gasteiger partial charge < -0.3 is 10.5 Å². The molecule has 1 fully saturated rings. The van der Waals surface area contributed by atoms with Crippen LogP contribution in [-0.4, -0.2) is 57.0 Å². The number of piperazine rings is 1. The van der Waals surface area contributed by atoms with Crippen LogP contribution < -0.4 is 10.5 Å². The topological polar surface area (TPSA) is 75.9 Å². The number of benzene rings is 1. The zero-order chi connectivity index (χ0) is 15.8. The van der Waals surface area contributed by atoms with Crippen molar-refractivity contribution in [2.24, 2.45) is 0 Å². The Bertz CT molecular complexity index is 606. The smallest absolute Gasteiger partial charge is 0.245 e. The van der Waals surface area contributed by atoms with Crippen LogP contribution in [-0.2, 0) is 10.0 Å². The van der Waals surface area contributed by atoms with E-state index in [1.807, 2.05) is 20.9 Å². The third kappa shape index (κ3) is 3.00. The minimum atomic E-state index is -3.58. The van der Waals surface area contributed by atoms with Crippen molar-refractivity contribution in [1.29, 1.82) is 0 Å². The summed E-state index contributed by atoms with van der Waals surface area (Å²) in [6.07, 6.45) is 0. The van der Waals surface area contributed by atoms with Gasteiger partial charge in [0.1, 0.15) is 10.6 Å². The Morgan fingerprint density at radius 2 is 1.81 bits per heavy atom. The highest BCUT2D eigenvalue weighted by molar-refractivity contribution is 7.89. The third-order valence-corrected chi connectivity index (χ3v) is 6.07. The first-order valence-electron chi connectivity index (χ1n) is 6.93. The van der Waals surface area contributed by atoms with E-state index in [1.54, 1.807) is 6.07 Å². The molecule has 21 heavy (non-hydrogen) atoms. The van der Waals surface area contributed by atoms with Gasteiger partial charge in [0.15, 0.2) is 0 Å². The molecule has 1 saturated heterocycles. The lowest BCUT2D eigenvalue weighted by Gasteiger charge is -2.41. The number of nitrogen functional groups attached to an aromatic ring is 1. The molecule has 1 aromatic carbocycles. The van der Waals surface area contributed by atoms with Crippen LogP contribution in [0, 0.1) is 0 Å². The van der Waals surface area contributed by atoms with E-state index in [4.69, 9.17) is 10.5 Å². The fourth-order valence-corrected chi connectivity index (χ4v) is 4.28. The third-order valence-electron chi connectivity index (χ3n) is 4.16. The normalized spacial score (nSPS) is 25.0. The molecule has 2 atom stereocenters. The van der Waals surface area contributed by atoms with Crippen LogP contribution in [0.3, 0.4) is 0 Å². The highest BCUT2D eigenvalue weighted by Crippen LogP contribution is 2.28. The number of nitrogens with zero attached hydrogens (tertiary/aromatic N) is 2. The number of hydrogen-bond acceptors (Lipinski definition) is 5. The van der Waals surface area contributed by atoms with E-state index in [0.717, 1.165) is 0 Å². The first-order valence-corrected chi connectivity index (χ1v) is 8.37. The molecule has 0 aliphatic carbocycles. The van der Waals surface area contributed by atoms with Gasteiger partial charge in [-0.1, -0.05) is 0 Å². The molecule has 2 rings (SSSR count). The van der Waals surface area contributed by atoms with E-state index in [9.17, 15) is 8.42 Å². The summed E-state index contributed by atoms with van der Waals surface area (Å²) < 4.78 is 32.2. The Morgan fingerprint density at radius 3 is 2.29 bits per heavy atom. The van der Waals surface area contributed by atoms with Gasteiger partial charge in [-0.15, -0.1) is 0 Å². The highest BCUT2D eigenvalue weighted by atomic mass is 32.2. The lowest BCUT2D eigenvalue weighted by atomic mass is 10.1. The van der Waals surface area contributed by atoms with Crippen LogP contribution in [0.2, 0.25) is 0 Å². The van der Waals surface area contributed by atoms with Crippen molar-refractivity contribution in [3.63, 3.8) is 0 Å². The summed E-state index contributed by atoms with van der Waals surface area (Å²) >= 11 is 0. The summed E-state index contributed by atoms with van der Waals surface area (Å²) in [5, 5.41) is 0. The summed E-state index contributed by atoms with van der Waals surface area (Å²) in [5.41, 5.74) is 6.11. The highest BCUT2D eigenvalue weighted by Gasteiger charge is 2.35. The molecule has 1 heterocycles. The molecule has 118 valence electrons. The van der Waals surface area contributed by atoms with E-state index in [-0.39, 0.29) is 22.7 Å². The molecule has 0 amide bonds. The Kier molecular flexibility index (Phi) is 4.46. The molecule has 1 aliphatic rings. The first-order chi connectivity index (χ1) is 9.77. The van der Waals surface area contributed by atoms with Crippen molar-refractivity contribution >= 4 is 15.7 Å². The molecule has 1 aliphatic heterocycles. The van der Waals surface area contributed by atoms with E-state index >= 15 is 0 Å². The Labute approximate surface area is 126 Å². The van der Waals surface area contributed by atoms with Gasteiger partial charge in [0.25, 0.3) is 0 Å². The van der Waals surface area contributed by atoms with Crippen molar-refractivity contribution in [2.75, 3.05) is 33.0 Å². The predicted molar refractivity (Wildman–Crippen MR) is 82.9 cm³/mol. The summed E-state index contributed by atoms with van der Waals surface area (Å²) in [6.45, 7) is 4.98. The van der Waals surface area contributed by atoms with Crippen molar-refractivity contribution in [2.45, 2.75) is 30.8 Å². The van der Waals surface area contributed by atoms with Gasteiger partial charge in [-0.05, 0) is 33.0 Å². The average Bonchev–Trinajstić information content (AvgIpc) is 2.43. The van der Waals surface area contributed by atoms with Crippen molar-refractivity contribution in [3.05, 3.63) is 18.2 Å². The van der Waals surface area contributed by atoms with Crippen LogP contribution in [0.5, 0.6) is 5.75 Å². The number of hydrogen-bond donors (Lipinski definition) is 1. The first kappa shape index (κ1) is 16.1. The molecule has 0 radical (unpaired) electrons. The number of anilines is 1. The average molecular weight is 313 g/mol. The Morgan fingerprint density at radius 1 is 1.24 bits per heavy atom. The summed E-state index contributed by atoms with van der Waals surface area (Å²) in [4.78, 5) is 2.33. The minimum Gasteiger partial charge on any atom is -0.497 e. The van der Waals surface area contributed by atoms with Gasteiger partial charge in [-0.2, -0.15) is 4.31 Å². The second-order valence-electron chi connectivity index (χ2n) is 5.59. The van der Waals surface area contributed by atoms with Crippen LogP contribution in [0.1, 0.15) is 13.8 Å². The molecule has 1 aromatic rings. The Hall–Kier alpha value is -1.31. The van der Waals surface area contributed by atoms with Gasteiger partial charge in [0.2, 0.25) is 10.0 Å². The van der Waals surface area contributed by atoms with Gasteiger partial charge in [-0.25, -0.2) is 8.42 Å². The molecular formula is C14H23N3O3S.